The van der Waals surface area contributed by atoms with Crippen molar-refractivity contribution in [3.8, 4) is 5.75 Å². The van der Waals surface area contributed by atoms with Crippen LogP contribution in [0.3, 0.4) is 0 Å². The molecule has 1 aliphatic heterocycles. The lowest BCUT2D eigenvalue weighted by Crippen LogP contribution is -2.35. The first-order valence-electron chi connectivity index (χ1n) is 9.10. The van der Waals surface area contributed by atoms with E-state index in [0.29, 0.717) is 27.6 Å². The van der Waals surface area contributed by atoms with Crippen LogP contribution in [0.2, 0.25) is 5.02 Å². The zero-order chi connectivity index (χ0) is 21.1. The van der Waals surface area contributed by atoms with Gasteiger partial charge in [-0.05, 0) is 53.6 Å². The minimum absolute atomic E-state index is 0.00310. The smallest absolute Gasteiger partial charge is 0.282 e. The number of hydrogen-bond acceptors (Lipinski definition) is 3. The van der Waals surface area contributed by atoms with Gasteiger partial charge in [-0.15, -0.1) is 0 Å². The fourth-order valence-electron chi connectivity index (χ4n) is 2.99. The van der Waals surface area contributed by atoms with E-state index in [0.717, 1.165) is 0 Å². The van der Waals surface area contributed by atoms with Crippen LogP contribution < -0.4 is 15.2 Å². The molecule has 7 heteroatoms. The van der Waals surface area contributed by atoms with Gasteiger partial charge in [-0.2, -0.15) is 0 Å². The lowest BCUT2D eigenvalue weighted by atomic mass is 10.1. The van der Waals surface area contributed by atoms with Crippen LogP contribution in [-0.4, -0.2) is 11.8 Å². The maximum atomic E-state index is 13.3. The Morgan fingerprint density at radius 2 is 1.80 bits per heavy atom. The van der Waals surface area contributed by atoms with Crippen LogP contribution in [-0.2, 0) is 16.2 Å². The van der Waals surface area contributed by atoms with Gasteiger partial charge in [-0.3, -0.25) is 15.0 Å². The topological polar surface area (TPSA) is 58.6 Å². The van der Waals surface area contributed by atoms with Crippen molar-refractivity contribution in [1.82, 2.24) is 5.43 Å². The number of carbonyl (C=O) groups excluding carboxylic acids is 2. The molecule has 1 N–H and O–H groups in total. The molecule has 0 atom stereocenters. The van der Waals surface area contributed by atoms with Crippen LogP contribution in [0.25, 0.3) is 6.08 Å². The molecule has 0 aromatic heterocycles. The highest BCUT2D eigenvalue weighted by Crippen LogP contribution is 2.28. The van der Waals surface area contributed by atoms with E-state index >= 15 is 0 Å². The Hall–Kier alpha value is -3.64. The van der Waals surface area contributed by atoms with Crippen LogP contribution in [0.15, 0.2) is 78.4 Å². The van der Waals surface area contributed by atoms with Crippen molar-refractivity contribution >= 4 is 35.2 Å². The quantitative estimate of drug-likeness (QED) is 0.486. The van der Waals surface area contributed by atoms with Crippen molar-refractivity contribution < 1.29 is 18.7 Å². The van der Waals surface area contributed by atoms with Gasteiger partial charge in [0.1, 0.15) is 23.7 Å². The number of nitrogens with one attached hydrogen (secondary N) is 1. The predicted octanol–water partition coefficient (Wildman–Crippen LogP) is 4.52. The predicted molar refractivity (Wildman–Crippen MR) is 112 cm³/mol. The molecule has 0 aliphatic carbocycles. The Morgan fingerprint density at radius 3 is 2.53 bits per heavy atom. The summed E-state index contributed by atoms with van der Waals surface area (Å²) in [5, 5.41) is 1.51. The summed E-state index contributed by atoms with van der Waals surface area (Å²) in [5.41, 5.74) is 4.37. The molecular formula is C23H16ClFN2O3. The number of anilines is 1. The number of carbonyl (C=O) groups is 2. The first kappa shape index (κ1) is 19.7. The van der Waals surface area contributed by atoms with E-state index in [1.807, 2.05) is 6.07 Å². The number of benzene rings is 3. The van der Waals surface area contributed by atoms with Gasteiger partial charge in [0, 0.05) is 0 Å². The minimum atomic E-state index is -0.494. The molecule has 3 aromatic rings. The molecule has 0 spiro atoms. The summed E-state index contributed by atoms with van der Waals surface area (Å²) < 4.78 is 18.9. The number of nitrogens with zero attached hydrogens (tertiary/aromatic N) is 1. The van der Waals surface area contributed by atoms with Gasteiger partial charge in [0.15, 0.2) is 0 Å². The highest BCUT2D eigenvalue weighted by molar-refractivity contribution is 6.33. The molecule has 1 fully saturated rings. The lowest BCUT2D eigenvalue weighted by molar-refractivity contribution is -0.117. The van der Waals surface area contributed by atoms with Gasteiger partial charge in [0.05, 0.1) is 10.7 Å². The molecule has 3 aromatic carbocycles. The summed E-state index contributed by atoms with van der Waals surface area (Å²) >= 11 is 6.29. The van der Waals surface area contributed by atoms with Gasteiger partial charge in [-0.1, -0.05) is 48.0 Å². The number of amides is 2. The molecule has 0 radical (unpaired) electrons. The van der Waals surface area contributed by atoms with E-state index in [9.17, 15) is 14.0 Å². The van der Waals surface area contributed by atoms with Crippen molar-refractivity contribution in [2.24, 2.45) is 0 Å². The van der Waals surface area contributed by atoms with Crippen molar-refractivity contribution in [3.05, 3.63) is 100 Å². The van der Waals surface area contributed by atoms with Gasteiger partial charge in [0.25, 0.3) is 11.8 Å². The monoisotopic (exact) mass is 422 g/mol. The van der Waals surface area contributed by atoms with Gasteiger partial charge in [0.2, 0.25) is 0 Å². The Labute approximate surface area is 177 Å². The van der Waals surface area contributed by atoms with Crippen molar-refractivity contribution in [2.45, 2.75) is 6.61 Å². The molecule has 1 saturated heterocycles. The molecular weight excluding hydrogens is 407 g/mol. The van der Waals surface area contributed by atoms with Crippen molar-refractivity contribution in [1.29, 1.82) is 0 Å². The molecule has 5 nitrogen and oxygen atoms in total. The van der Waals surface area contributed by atoms with E-state index in [4.69, 9.17) is 16.3 Å². The van der Waals surface area contributed by atoms with E-state index in [1.54, 1.807) is 54.6 Å². The maximum absolute atomic E-state index is 13.3. The summed E-state index contributed by atoms with van der Waals surface area (Å²) in [6.07, 6.45) is 1.48. The third-order valence-corrected chi connectivity index (χ3v) is 4.75. The molecule has 0 unspecified atom stereocenters. The summed E-state index contributed by atoms with van der Waals surface area (Å²) in [7, 11) is 0. The molecule has 2 amide bonds. The van der Waals surface area contributed by atoms with Crippen LogP contribution in [0, 0.1) is 5.82 Å². The zero-order valence-corrected chi connectivity index (χ0v) is 16.4. The first-order valence-corrected chi connectivity index (χ1v) is 9.48. The number of hydrogen-bond donors (Lipinski definition) is 1. The van der Waals surface area contributed by atoms with Gasteiger partial charge >= 0.3 is 0 Å². The summed E-state index contributed by atoms with van der Waals surface area (Å²) in [6, 6.07) is 19.8. The SMILES string of the molecule is O=C1NN(c2ccccc2)C(=O)/C1=C\c1ccc(OCc2cccc(F)c2)c(Cl)c1. The molecule has 1 heterocycles. The molecule has 4 rings (SSSR count). The average Bonchev–Trinajstić information content (AvgIpc) is 3.02. The summed E-state index contributed by atoms with van der Waals surface area (Å²) in [5.74, 6) is -0.871. The summed E-state index contributed by atoms with van der Waals surface area (Å²) in [6.45, 7) is 0.158. The summed E-state index contributed by atoms with van der Waals surface area (Å²) in [4.78, 5) is 24.9. The van der Waals surface area contributed by atoms with Crippen molar-refractivity contribution in [2.75, 3.05) is 5.01 Å². The van der Waals surface area contributed by atoms with E-state index in [2.05, 4.69) is 5.43 Å². The number of hydrazine groups is 1. The number of para-hydroxylation sites is 1. The van der Waals surface area contributed by atoms with Crippen LogP contribution >= 0.6 is 11.6 Å². The molecule has 0 saturated carbocycles. The average molecular weight is 423 g/mol. The highest BCUT2D eigenvalue weighted by Gasteiger charge is 2.34. The number of rotatable bonds is 5. The van der Waals surface area contributed by atoms with E-state index < -0.39 is 11.8 Å². The van der Waals surface area contributed by atoms with Gasteiger partial charge in [-0.25, -0.2) is 9.40 Å². The minimum Gasteiger partial charge on any atom is -0.487 e. The number of halogens is 2. The second-order valence-electron chi connectivity index (χ2n) is 6.58. The largest absolute Gasteiger partial charge is 0.487 e. The van der Waals surface area contributed by atoms with E-state index in [1.165, 1.54) is 23.2 Å². The lowest BCUT2D eigenvalue weighted by Gasteiger charge is -2.13. The Morgan fingerprint density at radius 1 is 1.00 bits per heavy atom. The highest BCUT2D eigenvalue weighted by atomic mass is 35.5. The molecule has 0 bridgehead atoms. The van der Waals surface area contributed by atoms with Crippen molar-refractivity contribution in [3.63, 3.8) is 0 Å². The second-order valence-corrected chi connectivity index (χ2v) is 6.99. The third kappa shape index (κ3) is 4.18. The number of ether oxygens (including phenoxy) is 1. The van der Waals surface area contributed by atoms with Crippen LogP contribution in [0.5, 0.6) is 5.75 Å². The Kier molecular flexibility index (Phi) is 5.50. The molecule has 1 aliphatic rings. The molecule has 30 heavy (non-hydrogen) atoms. The Bertz CT molecular complexity index is 1150. The maximum Gasteiger partial charge on any atom is 0.282 e. The van der Waals surface area contributed by atoms with Crippen LogP contribution in [0.1, 0.15) is 11.1 Å². The Balaban J connectivity index is 1.50. The first-order chi connectivity index (χ1) is 14.5. The van der Waals surface area contributed by atoms with Crippen LogP contribution in [0.4, 0.5) is 10.1 Å². The normalized spacial score (nSPS) is 14.9. The molecule has 150 valence electrons. The standard InChI is InChI=1S/C23H16ClFN2O3/c24-20-13-15(9-10-21(20)30-14-16-5-4-6-17(25)11-16)12-19-22(28)26-27(23(19)29)18-7-2-1-3-8-18/h1-13H,14H2,(H,26,28)/b19-12-. The van der Waals surface area contributed by atoms with E-state index in [-0.39, 0.29) is 18.0 Å². The zero-order valence-electron chi connectivity index (χ0n) is 15.6. The third-order valence-electron chi connectivity index (χ3n) is 4.46. The fraction of sp³-hybridized carbons (Fsp3) is 0.0435. The van der Waals surface area contributed by atoms with Gasteiger partial charge < -0.3 is 4.74 Å². The second kappa shape index (κ2) is 8.39. The fourth-order valence-corrected chi connectivity index (χ4v) is 3.24.